The van der Waals surface area contributed by atoms with E-state index in [1.165, 1.54) is 4.90 Å². The highest BCUT2D eigenvalue weighted by Gasteiger charge is 2.28. The first-order valence-electron chi connectivity index (χ1n) is 5.59. The summed E-state index contributed by atoms with van der Waals surface area (Å²) in [5.41, 5.74) is 0. The summed E-state index contributed by atoms with van der Waals surface area (Å²) in [5.74, 6) is 0.507. The van der Waals surface area contributed by atoms with Crippen LogP contribution in [0, 0.1) is 5.92 Å². The molecule has 0 aromatic heterocycles. The van der Waals surface area contributed by atoms with Gasteiger partial charge in [-0.25, -0.2) is 0 Å². The number of nitrogens with one attached hydrogen (secondary N) is 1. The molecule has 2 amide bonds. The number of amides is 2. The van der Waals surface area contributed by atoms with Gasteiger partial charge in [-0.2, -0.15) is 0 Å². The molecule has 0 aromatic rings. The predicted molar refractivity (Wildman–Crippen MR) is 58.3 cm³/mol. The Hall–Kier alpha value is -0.900. The van der Waals surface area contributed by atoms with Crippen LogP contribution < -0.4 is 5.32 Å². The van der Waals surface area contributed by atoms with Gasteiger partial charge in [0.25, 0.3) is 0 Å². The second-order valence-corrected chi connectivity index (χ2v) is 4.43. The summed E-state index contributed by atoms with van der Waals surface area (Å²) < 4.78 is 0. The molecule has 1 N–H and O–H groups in total. The van der Waals surface area contributed by atoms with E-state index < -0.39 is 0 Å². The van der Waals surface area contributed by atoms with E-state index in [9.17, 15) is 9.59 Å². The van der Waals surface area contributed by atoms with Gasteiger partial charge in [0.05, 0.1) is 0 Å². The zero-order chi connectivity index (χ0) is 11.4. The van der Waals surface area contributed by atoms with E-state index in [-0.39, 0.29) is 11.8 Å². The van der Waals surface area contributed by atoms with Crippen molar-refractivity contribution in [1.82, 2.24) is 10.2 Å². The standard InChI is InChI=1S/C11H20N2O2/c1-8(2)9(3)12-6-7-13-10(14)4-5-11(13)15/h8-9,12H,4-7H2,1-3H3. The molecule has 1 rings (SSSR count). The number of imide groups is 1. The molecule has 0 saturated carbocycles. The molecule has 1 heterocycles. The molecule has 0 spiro atoms. The molecule has 0 bridgehead atoms. The Morgan fingerprint density at radius 1 is 1.20 bits per heavy atom. The quantitative estimate of drug-likeness (QED) is 0.685. The molecule has 15 heavy (non-hydrogen) atoms. The number of carbonyl (C=O) groups is 2. The summed E-state index contributed by atoms with van der Waals surface area (Å²) in [6.45, 7) is 7.59. The van der Waals surface area contributed by atoms with Gasteiger partial charge in [0.2, 0.25) is 11.8 Å². The highest BCUT2D eigenvalue weighted by Crippen LogP contribution is 2.10. The van der Waals surface area contributed by atoms with E-state index in [1.54, 1.807) is 0 Å². The van der Waals surface area contributed by atoms with Crippen molar-refractivity contribution in [1.29, 1.82) is 0 Å². The van der Waals surface area contributed by atoms with E-state index in [0.717, 1.165) is 0 Å². The van der Waals surface area contributed by atoms with Crippen LogP contribution in [0.1, 0.15) is 33.6 Å². The molecular weight excluding hydrogens is 192 g/mol. The first-order valence-corrected chi connectivity index (χ1v) is 5.59. The lowest BCUT2D eigenvalue weighted by Crippen LogP contribution is -2.40. The summed E-state index contributed by atoms with van der Waals surface area (Å²) in [5, 5.41) is 3.30. The SMILES string of the molecule is CC(C)C(C)NCCN1C(=O)CCC1=O. The van der Waals surface area contributed by atoms with Crippen LogP contribution in [-0.4, -0.2) is 35.8 Å². The summed E-state index contributed by atoms with van der Waals surface area (Å²) >= 11 is 0. The van der Waals surface area contributed by atoms with Crippen LogP contribution in [0.15, 0.2) is 0 Å². The molecule has 1 fully saturated rings. The van der Waals surface area contributed by atoms with E-state index in [1.807, 2.05) is 0 Å². The second kappa shape index (κ2) is 5.26. The normalized spacial score (nSPS) is 19.1. The zero-order valence-electron chi connectivity index (χ0n) is 9.75. The highest BCUT2D eigenvalue weighted by atomic mass is 16.2. The molecule has 0 radical (unpaired) electrons. The van der Waals surface area contributed by atoms with Gasteiger partial charge in [0.1, 0.15) is 0 Å². The minimum absolute atomic E-state index is 0.0287. The van der Waals surface area contributed by atoms with Gasteiger partial charge < -0.3 is 5.32 Å². The van der Waals surface area contributed by atoms with Crippen molar-refractivity contribution in [3.63, 3.8) is 0 Å². The van der Waals surface area contributed by atoms with Gasteiger partial charge in [0, 0.05) is 32.0 Å². The molecule has 1 unspecified atom stereocenters. The average molecular weight is 212 g/mol. The Labute approximate surface area is 91.0 Å². The van der Waals surface area contributed by atoms with E-state index >= 15 is 0 Å². The van der Waals surface area contributed by atoms with E-state index in [0.29, 0.717) is 37.9 Å². The van der Waals surface area contributed by atoms with Gasteiger partial charge in [-0.1, -0.05) is 13.8 Å². The van der Waals surface area contributed by atoms with Crippen LogP contribution in [-0.2, 0) is 9.59 Å². The van der Waals surface area contributed by atoms with Gasteiger partial charge >= 0.3 is 0 Å². The van der Waals surface area contributed by atoms with Gasteiger partial charge in [-0.3, -0.25) is 14.5 Å². The zero-order valence-corrected chi connectivity index (χ0v) is 9.75. The van der Waals surface area contributed by atoms with Gasteiger partial charge in [0.15, 0.2) is 0 Å². The van der Waals surface area contributed by atoms with E-state index in [2.05, 4.69) is 26.1 Å². The third kappa shape index (κ3) is 3.30. The van der Waals surface area contributed by atoms with Crippen molar-refractivity contribution >= 4 is 11.8 Å². The van der Waals surface area contributed by atoms with Crippen LogP contribution >= 0.6 is 0 Å². The summed E-state index contributed by atoms with van der Waals surface area (Å²) in [7, 11) is 0. The van der Waals surface area contributed by atoms with Crippen molar-refractivity contribution in [3.05, 3.63) is 0 Å². The van der Waals surface area contributed by atoms with Crippen LogP contribution in [0.2, 0.25) is 0 Å². The fourth-order valence-electron chi connectivity index (χ4n) is 1.51. The first-order chi connectivity index (χ1) is 7.02. The molecule has 0 aliphatic carbocycles. The van der Waals surface area contributed by atoms with Crippen molar-refractivity contribution in [3.8, 4) is 0 Å². The average Bonchev–Trinajstić information content (AvgIpc) is 2.48. The number of nitrogens with zero attached hydrogens (tertiary/aromatic N) is 1. The maximum Gasteiger partial charge on any atom is 0.229 e. The molecular formula is C11H20N2O2. The monoisotopic (exact) mass is 212 g/mol. The summed E-state index contributed by atoms with van der Waals surface area (Å²) in [6, 6.07) is 0.415. The lowest BCUT2D eigenvalue weighted by molar-refractivity contribution is -0.138. The lowest BCUT2D eigenvalue weighted by atomic mass is 10.1. The molecule has 4 heteroatoms. The van der Waals surface area contributed by atoms with Crippen molar-refractivity contribution in [2.24, 2.45) is 5.92 Å². The Morgan fingerprint density at radius 2 is 1.73 bits per heavy atom. The Balaban J connectivity index is 2.25. The summed E-state index contributed by atoms with van der Waals surface area (Å²) in [4.78, 5) is 23.9. The fourth-order valence-corrected chi connectivity index (χ4v) is 1.51. The number of likely N-dealkylation sites (tertiary alicyclic amines) is 1. The molecule has 4 nitrogen and oxygen atoms in total. The van der Waals surface area contributed by atoms with Crippen LogP contribution in [0.3, 0.4) is 0 Å². The van der Waals surface area contributed by atoms with Gasteiger partial charge in [-0.05, 0) is 12.8 Å². The minimum Gasteiger partial charge on any atom is -0.312 e. The minimum atomic E-state index is -0.0287. The largest absolute Gasteiger partial charge is 0.312 e. The molecule has 86 valence electrons. The number of rotatable bonds is 5. The topological polar surface area (TPSA) is 49.4 Å². The fraction of sp³-hybridized carbons (Fsp3) is 0.818. The van der Waals surface area contributed by atoms with Crippen molar-refractivity contribution < 1.29 is 9.59 Å². The van der Waals surface area contributed by atoms with Gasteiger partial charge in [-0.15, -0.1) is 0 Å². The Kier molecular flexibility index (Phi) is 4.27. The van der Waals surface area contributed by atoms with Crippen molar-refractivity contribution in [2.45, 2.75) is 39.7 Å². The van der Waals surface area contributed by atoms with Crippen LogP contribution in [0.5, 0.6) is 0 Å². The third-order valence-electron chi connectivity index (χ3n) is 2.96. The third-order valence-corrected chi connectivity index (χ3v) is 2.96. The molecule has 1 atom stereocenters. The lowest BCUT2D eigenvalue weighted by Gasteiger charge is -2.20. The Bertz CT molecular complexity index is 235. The number of carbonyl (C=O) groups excluding carboxylic acids is 2. The van der Waals surface area contributed by atoms with Crippen LogP contribution in [0.4, 0.5) is 0 Å². The maximum absolute atomic E-state index is 11.3. The van der Waals surface area contributed by atoms with Crippen LogP contribution in [0.25, 0.3) is 0 Å². The maximum atomic E-state index is 11.3. The molecule has 0 aromatic carbocycles. The Morgan fingerprint density at radius 3 is 2.20 bits per heavy atom. The molecule has 1 aliphatic heterocycles. The first kappa shape index (κ1) is 12.2. The van der Waals surface area contributed by atoms with Crippen molar-refractivity contribution in [2.75, 3.05) is 13.1 Å². The molecule has 1 aliphatic rings. The predicted octanol–water partition coefficient (Wildman–Crippen LogP) is 0.769. The number of hydrogen-bond donors (Lipinski definition) is 1. The number of hydrogen-bond acceptors (Lipinski definition) is 3. The molecule has 1 saturated heterocycles. The smallest absolute Gasteiger partial charge is 0.229 e. The van der Waals surface area contributed by atoms with E-state index in [4.69, 9.17) is 0 Å². The summed E-state index contributed by atoms with van der Waals surface area (Å²) in [6.07, 6.45) is 0.775. The second-order valence-electron chi connectivity index (χ2n) is 4.43. The highest BCUT2D eigenvalue weighted by molar-refractivity contribution is 6.01.